The van der Waals surface area contributed by atoms with E-state index in [2.05, 4.69) is 20.8 Å². The molecule has 1 saturated carbocycles. The fraction of sp³-hybridized carbons (Fsp3) is 0.379. The van der Waals surface area contributed by atoms with E-state index in [-0.39, 0.29) is 23.3 Å². The molecule has 43 heavy (non-hydrogen) atoms. The van der Waals surface area contributed by atoms with E-state index in [0.717, 1.165) is 38.4 Å². The van der Waals surface area contributed by atoms with E-state index in [0.29, 0.717) is 34.4 Å². The molecule has 2 aliphatic rings. The van der Waals surface area contributed by atoms with Crippen LogP contribution in [0.25, 0.3) is 11.8 Å². The van der Waals surface area contributed by atoms with Crippen LogP contribution in [0.4, 0.5) is 5.69 Å². The van der Waals surface area contributed by atoms with Crippen LogP contribution in [0.1, 0.15) is 54.4 Å². The molecule has 2 aromatic carbocycles. The Balaban J connectivity index is 1.36. The minimum atomic E-state index is -3.71. The van der Waals surface area contributed by atoms with Crippen LogP contribution in [0, 0.1) is 11.8 Å². The number of carbonyl (C=O) groups excluding carboxylic acids is 3. The van der Waals surface area contributed by atoms with Gasteiger partial charge in [-0.3, -0.25) is 14.4 Å². The number of amides is 3. The summed E-state index contributed by atoms with van der Waals surface area (Å²) in [5.41, 5.74) is 1.84. The molecule has 1 aromatic heterocycles. The summed E-state index contributed by atoms with van der Waals surface area (Å²) in [6.45, 7) is 0.447. The third-order valence-corrected chi connectivity index (χ3v) is 8.73. The number of tetrazole rings is 1. The maximum atomic E-state index is 13.8. The van der Waals surface area contributed by atoms with Gasteiger partial charge in [-0.05, 0) is 77.2 Å². The fourth-order valence-corrected chi connectivity index (χ4v) is 6.63. The van der Waals surface area contributed by atoms with Gasteiger partial charge >= 0.3 is 0 Å². The van der Waals surface area contributed by atoms with E-state index < -0.39 is 22.0 Å². The Labute approximate surface area is 254 Å². The van der Waals surface area contributed by atoms with Gasteiger partial charge in [-0.1, -0.05) is 43.7 Å². The molecule has 1 saturated heterocycles. The number of likely N-dealkylation sites (tertiary alicyclic amines) is 1. The highest BCUT2D eigenvalue weighted by Gasteiger charge is 2.44. The van der Waals surface area contributed by atoms with Gasteiger partial charge in [-0.15, -0.1) is 5.10 Å². The summed E-state index contributed by atoms with van der Waals surface area (Å²) < 4.78 is 26.2. The second-order valence-corrected chi connectivity index (χ2v) is 13.1. The number of hydrogen-bond acceptors (Lipinski definition) is 8. The maximum Gasteiger partial charge on any atom is 0.264 e. The first-order valence-electron chi connectivity index (χ1n) is 14.0. The number of hydrogen-bond donors (Lipinski definition) is 2. The molecule has 12 nitrogen and oxygen atoms in total. The topological polar surface area (TPSA) is 156 Å². The highest BCUT2D eigenvalue weighted by molar-refractivity contribution is 7.89. The largest absolute Gasteiger partial charge is 0.327 e. The van der Waals surface area contributed by atoms with Crippen LogP contribution in [0.15, 0.2) is 54.9 Å². The summed E-state index contributed by atoms with van der Waals surface area (Å²) in [6.07, 6.45) is 11.6. The zero-order valence-electron chi connectivity index (χ0n) is 23.5. The number of halogens is 1. The summed E-state index contributed by atoms with van der Waals surface area (Å²) in [4.78, 5) is 41.2. The predicted molar refractivity (Wildman–Crippen MR) is 161 cm³/mol. The number of nitrogens with one attached hydrogen (secondary N) is 2. The van der Waals surface area contributed by atoms with Crippen molar-refractivity contribution in [2.75, 3.05) is 18.1 Å². The number of aromatic nitrogens is 4. The van der Waals surface area contributed by atoms with E-state index in [1.807, 2.05) is 4.72 Å². The Morgan fingerprint density at radius 1 is 1.02 bits per heavy atom. The molecule has 0 bridgehead atoms. The van der Waals surface area contributed by atoms with Crippen molar-refractivity contribution in [3.8, 4) is 5.69 Å². The quantitative estimate of drug-likeness (QED) is 0.361. The Morgan fingerprint density at radius 2 is 1.77 bits per heavy atom. The van der Waals surface area contributed by atoms with Crippen LogP contribution >= 0.6 is 11.6 Å². The number of rotatable bonds is 8. The Morgan fingerprint density at radius 3 is 2.44 bits per heavy atom. The van der Waals surface area contributed by atoms with Crippen molar-refractivity contribution in [1.29, 1.82) is 0 Å². The van der Waals surface area contributed by atoms with Crippen molar-refractivity contribution in [2.24, 2.45) is 11.8 Å². The van der Waals surface area contributed by atoms with Gasteiger partial charge in [-0.25, -0.2) is 13.1 Å². The minimum Gasteiger partial charge on any atom is -0.327 e. The molecule has 1 aliphatic carbocycles. The normalized spacial score (nSPS) is 19.4. The molecule has 3 amide bonds. The average Bonchev–Trinajstić information content (AvgIpc) is 3.67. The van der Waals surface area contributed by atoms with Crippen LogP contribution < -0.4 is 10.0 Å². The first kappa shape index (κ1) is 30.4. The lowest BCUT2D eigenvalue weighted by Gasteiger charge is -2.33. The molecule has 2 N–H and O–H groups in total. The predicted octanol–water partition coefficient (Wildman–Crippen LogP) is 3.45. The van der Waals surface area contributed by atoms with E-state index in [9.17, 15) is 22.8 Å². The summed E-state index contributed by atoms with van der Waals surface area (Å²) in [7, 11) is -3.71. The molecule has 2 atom stereocenters. The zero-order valence-corrected chi connectivity index (χ0v) is 25.1. The molecule has 1 aliphatic heterocycles. The monoisotopic (exact) mass is 625 g/mol. The van der Waals surface area contributed by atoms with Gasteiger partial charge in [0.15, 0.2) is 0 Å². The number of nitrogens with zero attached hydrogens (tertiary/aromatic N) is 5. The van der Waals surface area contributed by atoms with Gasteiger partial charge in [0, 0.05) is 34.5 Å². The SMILES string of the molecule is CS(=O)(=O)NC(=O)c1ccc(NC(=O)[C@@H]2[C@H](C3CCCCC3)CCN2C(=O)/C=C/c2cc(Cl)ccc2-n2cnnn2)cc1. The smallest absolute Gasteiger partial charge is 0.264 e. The van der Waals surface area contributed by atoms with Crippen LogP contribution in [0.3, 0.4) is 0 Å². The first-order chi connectivity index (χ1) is 20.6. The van der Waals surface area contributed by atoms with E-state index >= 15 is 0 Å². The average molecular weight is 626 g/mol. The van der Waals surface area contributed by atoms with Crippen LogP contribution in [-0.4, -0.2) is 70.1 Å². The van der Waals surface area contributed by atoms with Crippen LogP contribution in [0.2, 0.25) is 5.02 Å². The molecule has 226 valence electrons. The van der Waals surface area contributed by atoms with Crippen molar-refractivity contribution >= 4 is 51.1 Å². The fourth-order valence-electron chi connectivity index (χ4n) is 6.00. The van der Waals surface area contributed by atoms with Gasteiger partial charge in [0.1, 0.15) is 12.4 Å². The van der Waals surface area contributed by atoms with Crippen molar-refractivity contribution < 1.29 is 22.8 Å². The summed E-state index contributed by atoms with van der Waals surface area (Å²) in [5, 5.41) is 14.7. The van der Waals surface area contributed by atoms with Gasteiger partial charge in [0.2, 0.25) is 21.8 Å². The molecular formula is C29H32ClN7O5S. The second kappa shape index (κ2) is 13.0. The van der Waals surface area contributed by atoms with Crippen LogP contribution in [0.5, 0.6) is 0 Å². The van der Waals surface area contributed by atoms with Gasteiger partial charge < -0.3 is 10.2 Å². The van der Waals surface area contributed by atoms with E-state index in [1.54, 1.807) is 29.2 Å². The highest BCUT2D eigenvalue weighted by atomic mass is 35.5. The molecule has 14 heteroatoms. The lowest BCUT2D eigenvalue weighted by molar-refractivity contribution is -0.134. The lowest BCUT2D eigenvalue weighted by Crippen LogP contribution is -2.47. The van der Waals surface area contributed by atoms with Crippen LogP contribution in [-0.2, 0) is 19.6 Å². The Hall–Kier alpha value is -4.10. The van der Waals surface area contributed by atoms with Crippen molar-refractivity contribution in [2.45, 2.75) is 44.6 Å². The summed E-state index contributed by atoms with van der Waals surface area (Å²) in [5.74, 6) is -1.01. The molecule has 2 heterocycles. The Bertz CT molecular complexity index is 1620. The summed E-state index contributed by atoms with van der Waals surface area (Å²) in [6, 6.07) is 10.4. The molecule has 2 fully saturated rings. The lowest BCUT2D eigenvalue weighted by atomic mass is 9.76. The number of anilines is 1. The number of sulfonamides is 1. The molecular weight excluding hydrogens is 594 g/mol. The van der Waals surface area contributed by atoms with Gasteiger partial charge in [-0.2, -0.15) is 4.68 Å². The van der Waals surface area contributed by atoms with E-state index in [4.69, 9.17) is 11.6 Å². The molecule has 3 aromatic rings. The molecule has 0 spiro atoms. The number of benzene rings is 2. The van der Waals surface area contributed by atoms with Gasteiger partial charge in [0.05, 0.1) is 11.9 Å². The Kier molecular flexibility index (Phi) is 9.21. The zero-order chi connectivity index (χ0) is 30.6. The summed E-state index contributed by atoms with van der Waals surface area (Å²) >= 11 is 6.23. The molecule has 5 rings (SSSR count). The standard InChI is InChI=1S/C29H32ClN7O5S/c1-43(41,42)33-28(39)20-7-11-23(12-8-20)32-29(40)27-24(19-5-3-2-4-6-19)15-16-36(27)26(38)14-9-21-17-22(30)10-13-25(21)37-18-31-34-35-37/h7-14,17-19,24,27H,2-6,15-16H2,1H3,(H,32,40)(H,33,39)/b14-9+/t24-,27-/m0/s1. The number of carbonyl (C=O) groups is 3. The second-order valence-electron chi connectivity index (χ2n) is 10.9. The molecule has 0 unspecified atom stereocenters. The highest BCUT2D eigenvalue weighted by Crippen LogP contribution is 2.39. The van der Waals surface area contributed by atoms with Crippen molar-refractivity contribution in [3.63, 3.8) is 0 Å². The minimum absolute atomic E-state index is 0.0143. The third kappa shape index (κ3) is 7.46. The van der Waals surface area contributed by atoms with Crippen molar-refractivity contribution in [1.82, 2.24) is 29.8 Å². The van der Waals surface area contributed by atoms with E-state index in [1.165, 1.54) is 47.8 Å². The van der Waals surface area contributed by atoms with Crippen molar-refractivity contribution in [3.05, 3.63) is 71.0 Å². The molecule has 0 radical (unpaired) electrons. The first-order valence-corrected chi connectivity index (χ1v) is 16.3. The van der Waals surface area contributed by atoms with Gasteiger partial charge in [0.25, 0.3) is 5.91 Å². The maximum absolute atomic E-state index is 13.8. The third-order valence-electron chi connectivity index (χ3n) is 7.94.